The Morgan fingerprint density at radius 1 is 1.29 bits per heavy atom. The molecule has 0 bridgehead atoms. The summed E-state index contributed by atoms with van der Waals surface area (Å²) in [7, 11) is 1.84. The second-order valence-electron chi connectivity index (χ2n) is 5.02. The third kappa shape index (κ3) is 2.38. The van der Waals surface area contributed by atoms with Gasteiger partial charge in [0.1, 0.15) is 0 Å². The van der Waals surface area contributed by atoms with E-state index in [1.54, 1.807) is 0 Å². The van der Waals surface area contributed by atoms with Crippen molar-refractivity contribution in [3.63, 3.8) is 0 Å². The monoisotopic (exact) mass is 233 g/mol. The Morgan fingerprint density at radius 2 is 1.94 bits per heavy atom. The summed E-state index contributed by atoms with van der Waals surface area (Å²) in [5.41, 5.74) is 2.67. The summed E-state index contributed by atoms with van der Waals surface area (Å²) in [5.74, 6) is 0. The number of nitrogens with one attached hydrogen (secondary N) is 1. The van der Waals surface area contributed by atoms with Crippen LogP contribution in [0.2, 0.25) is 0 Å². The lowest BCUT2D eigenvalue weighted by Gasteiger charge is -2.47. The van der Waals surface area contributed by atoms with Crippen molar-refractivity contribution in [1.29, 1.82) is 0 Å². The van der Waals surface area contributed by atoms with Crippen LogP contribution in [-0.4, -0.2) is 19.3 Å². The maximum atomic E-state index is 5.81. The molecule has 0 amide bonds. The number of benzene rings is 1. The average Bonchev–Trinajstić information content (AvgIpc) is 2.28. The number of methoxy groups -OCH3 is 1. The molecule has 1 atom stereocenters. The van der Waals surface area contributed by atoms with Crippen LogP contribution in [0.4, 0.5) is 0 Å². The molecule has 1 N–H and O–H groups in total. The molecule has 94 valence electrons. The zero-order valence-corrected chi connectivity index (χ0v) is 11.1. The molecule has 1 aliphatic rings. The lowest BCUT2D eigenvalue weighted by molar-refractivity contribution is -0.0995. The molecular weight excluding hydrogens is 210 g/mol. The van der Waals surface area contributed by atoms with Crippen molar-refractivity contribution < 1.29 is 4.74 Å². The summed E-state index contributed by atoms with van der Waals surface area (Å²) >= 11 is 0. The molecule has 17 heavy (non-hydrogen) atoms. The van der Waals surface area contributed by atoms with Gasteiger partial charge in [-0.3, -0.25) is 0 Å². The van der Waals surface area contributed by atoms with Crippen molar-refractivity contribution in [2.24, 2.45) is 0 Å². The van der Waals surface area contributed by atoms with Crippen molar-refractivity contribution in [1.82, 2.24) is 5.32 Å². The van der Waals surface area contributed by atoms with Crippen LogP contribution in [0.15, 0.2) is 24.3 Å². The zero-order valence-electron chi connectivity index (χ0n) is 11.1. The molecular formula is C15H23NO. The lowest BCUT2D eigenvalue weighted by Crippen LogP contribution is -2.50. The van der Waals surface area contributed by atoms with E-state index in [9.17, 15) is 0 Å². The number of ether oxygens (including phenoxy) is 1. The van der Waals surface area contributed by atoms with Crippen LogP contribution in [0.5, 0.6) is 0 Å². The van der Waals surface area contributed by atoms with E-state index >= 15 is 0 Å². The summed E-state index contributed by atoms with van der Waals surface area (Å²) in [6.07, 6.45) is 3.60. The summed E-state index contributed by atoms with van der Waals surface area (Å²) in [5, 5.41) is 3.59. The molecule has 1 aliphatic carbocycles. The molecule has 0 saturated heterocycles. The maximum absolute atomic E-state index is 5.81. The Bertz CT molecular complexity index is 348. The molecule has 1 aromatic carbocycles. The van der Waals surface area contributed by atoms with Gasteiger partial charge in [0.25, 0.3) is 0 Å². The molecule has 2 heteroatoms. The van der Waals surface area contributed by atoms with Crippen molar-refractivity contribution in [2.75, 3.05) is 13.7 Å². The zero-order chi connectivity index (χ0) is 12.3. The fourth-order valence-electron chi connectivity index (χ4n) is 2.71. The Hall–Kier alpha value is -0.860. The van der Waals surface area contributed by atoms with Crippen LogP contribution < -0.4 is 5.32 Å². The van der Waals surface area contributed by atoms with Crippen LogP contribution in [0.25, 0.3) is 0 Å². The Morgan fingerprint density at radius 3 is 2.35 bits per heavy atom. The molecule has 2 rings (SSSR count). The fraction of sp³-hybridized carbons (Fsp3) is 0.600. The van der Waals surface area contributed by atoms with Gasteiger partial charge in [-0.15, -0.1) is 0 Å². The van der Waals surface area contributed by atoms with E-state index in [0.29, 0.717) is 6.04 Å². The highest BCUT2D eigenvalue weighted by Gasteiger charge is 2.44. The minimum atomic E-state index is 0.0191. The average molecular weight is 233 g/mol. The molecule has 1 unspecified atom stereocenters. The number of rotatable bonds is 5. The number of hydrogen-bond donors (Lipinski definition) is 1. The summed E-state index contributed by atoms with van der Waals surface area (Å²) in [6, 6.07) is 9.14. The largest absolute Gasteiger partial charge is 0.376 e. The van der Waals surface area contributed by atoms with Crippen LogP contribution in [0, 0.1) is 6.92 Å². The molecule has 0 spiro atoms. The lowest BCUT2D eigenvalue weighted by atomic mass is 9.72. The van der Waals surface area contributed by atoms with E-state index < -0.39 is 0 Å². The molecule has 1 aromatic rings. The molecule has 0 radical (unpaired) electrons. The van der Waals surface area contributed by atoms with Crippen LogP contribution in [-0.2, 0) is 4.74 Å². The van der Waals surface area contributed by atoms with Crippen molar-refractivity contribution in [3.8, 4) is 0 Å². The quantitative estimate of drug-likeness (QED) is 0.843. The van der Waals surface area contributed by atoms with Gasteiger partial charge < -0.3 is 10.1 Å². The van der Waals surface area contributed by atoms with E-state index in [1.807, 2.05) is 7.11 Å². The fourth-order valence-corrected chi connectivity index (χ4v) is 2.71. The Labute approximate surface area is 104 Å². The van der Waals surface area contributed by atoms with Crippen LogP contribution >= 0.6 is 0 Å². The first kappa shape index (κ1) is 12.6. The molecule has 1 fully saturated rings. The Kier molecular flexibility index (Phi) is 3.85. The maximum Gasteiger partial charge on any atom is 0.0872 e. The highest BCUT2D eigenvalue weighted by Crippen LogP contribution is 2.44. The Balaban J connectivity index is 2.25. The van der Waals surface area contributed by atoms with Gasteiger partial charge in [0.15, 0.2) is 0 Å². The van der Waals surface area contributed by atoms with Gasteiger partial charge in [0, 0.05) is 7.11 Å². The topological polar surface area (TPSA) is 21.3 Å². The summed E-state index contributed by atoms with van der Waals surface area (Å²) in [6.45, 7) is 5.26. The first-order chi connectivity index (χ1) is 8.22. The van der Waals surface area contributed by atoms with Crippen LogP contribution in [0.3, 0.4) is 0 Å². The van der Waals surface area contributed by atoms with Gasteiger partial charge in [0.05, 0.1) is 11.6 Å². The summed E-state index contributed by atoms with van der Waals surface area (Å²) in [4.78, 5) is 0. The van der Waals surface area contributed by atoms with Crippen molar-refractivity contribution in [2.45, 2.75) is 44.8 Å². The smallest absolute Gasteiger partial charge is 0.0872 e. The predicted octanol–water partition coefficient (Wildman–Crippen LogP) is 3.21. The van der Waals surface area contributed by atoms with E-state index in [-0.39, 0.29) is 5.60 Å². The van der Waals surface area contributed by atoms with Crippen molar-refractivity contribution >= 4 is 0 Å². The predicted molar refractivity (Wildman–Crippen MR) is 71.2 cm³/mol. The number of hydrogen-bond acceptors (Lipinski definition) is 2. The second kappa shape index (κ2) is 5.19. The molecule has 0 aliphatic heterocycles. The van der Waals surface area contributed by atoms with Gasteiger partial charge in [-0.05, 0) is 38.3 Å². The van der Waals surface area contributed by atoms with Gasteiger partial charge in [-0.1, -0.05) is 36.8 Å². The highest BCUT2D eigenvalue weighted by atomic mass is 16.5. The van der Waals surface area contributed by atoms with Crippen molar-refractivity contribution in [3.05, 3.63) is 35.4 Å². The molecule has 1 saturated carbocycles. The second-order valence-corrected chi connectivity index (χ2v) is 5.02. The van der Waals surface area contributed by atoms with Gasteiger partial charge >= 0.3 is 0 Å². The number of likely N-dealkylation sites (N-methyl/N-ethyl adjacent to an activating group) is 1. The van der Waals surface area contributed by atoms with E-state index in [0.717, 1.165) is 19.4 Å². The van der Waals surface area contributed by atoms with E-state index in [4.69, 9.17) is 4.74 Å². The molecule has 0 heterocycles. The number of aryl methyl sites for hydroxylation is 1. The normalized spacial score (nSPS) is 19.7. The first-order valence-electron chi connectivity index (χ1n) is 6.57. The SMILES string of the molecule is CCNC(c1ccc(C)cc1)C1(OC)CCC1. The third-order valence-electron chi connectivity index (χ3n) is 3.95. The van der Waals surface area contributed by atoms with E-state index in [1.165, 1.54) is 17.5 Å². The third-order valence-corrected chi connectivity index (χ3v) is 3.95. The van der Waals surface area contributed by atoms with Gasteiger partial charge in [-0.25, -0.2) is 0 Å². The van der Waals surface area contributed by atoms with Gasteiger partial charge in [0.2, 0.25) is 0 Å². The molecule has 2 nitrogen and oxygen atoms in total. The van der Waals surface area contributed by atoms with E-state index in [2.05, 4.69) is 43.4 Å². The summed E-state index contributed by atoms with van der Waals surface area (Å²) < 4.78 is 5.81. The highest BCUT2D eigenvalue weighted by molar-refractivity contribution is 5.27. The van der Waals surface area contributed by atoms with Gasteiger partial charge in [-0.2, -0.15) is 0 Å². The first-order valence-corrected chi connectivity index (χ1v) is 6.57. The standard InChI is InChI=1S/C15H23NO/c1-4-16-14(15(17-3)10-5-11-15)13-8-6-12(2)7-9-13/h6-9,14,16H,4-5,10-11H2,1-3H3. The van der Waals surface area contributed by atoms with Crippen LogP contribution in [0.1, 0.15) is 43.4 Å². The minimum absolute atomic E-state index is 0.0191. The molecule has 0 aromatic heterocycles. The minimum Gasteiger partial charge on any atom is -0.376 e.